The van der Waals surface area contributed by atoms with Crippen LogP contribution in [0.1, 0.15) is 43.5 Å². The molecule has 0 unspecified atom stereocenters. The van der Waals surface area contributed by atoms with Gasteiger partial charge in [0, 0.05) is 12.7 Å². The molecular weight excluding hydrogens is 234 g/mol. The molecule has 0 spiro atoms. The molecule has 6 nitrogen and oxygen atoms in total. The molecule has 6 heteroatoms. The van der Waals surface area contributed by atoms with Gasteiger partial charge in [-0.1, -0.05) is 19.8 Å². The summed E-state index contributed by atoms with van der Waals surface area (Å²) in [5.41, 5.74) is 0.389. The first-order chi connectivity index (χ1) is 8.58. The molecule has 0 fully saturated rings. The summed E-state index contributed by atoms with van der Waals surface area (Å²) in [5, 5.41) is 15.5. The zero-order valence-electron chi connectivity index (χ0n) is 10.7. The molecule has 1 amide bonds. The van der Waals surface area contributed by atoms with E-state index in [-0.39, 0.29) is 0 Å². The fraction of sp³-hybridized carbons (Fsp3) is 0.583. The van der Waals surface area contributed by atoms with E-state index >= 15 is 0 Å². The number of carboxylic acids is 1. The second kappa shape index (κ2) is 6.78. The van der Waals surface area contributed by atoms with Gasteiger partial charge in [0.05, 0.1) is 11.8 Å². The topological polar surface area (TPSA) is 84.2 Å². The van der Waals surface area contributed by atoms with Crippen molar-refractivity contribution >= 4 is 11.9 Å². The molecule has 18 heavy (non-hydrogen) atoms. The lowest BCUT2D eigenvalue weighted by atomic mass is 10.1. The number of aromatic nitrogens is 2. The molecule has 1 rings (SSSR count). The minimum atomic E-state index is -1.00. The number of nitrogens with one attached hydrogen (secondary N) is 1. The van der Waals surface area contributed by atoms with Gasteiger partial charge in [-0.2, -0.15) is 5.10 Å². The molecule has 1 atom stereocenters. The molecule has 0 aromatic carbocycles. The van der Waals surface area contributed by atoms with E-state index in [1.165, 1.54) is 6.20 Å². The Morgan fingerprint density at radius 1 is 1.50 bits per heavy atom. The van der Waals surface area contributed by atoms with Crippen LogP contribution in [0.4, 0.5) is 0 Å². The van der Waals surface area contributed by atoms with E-state index in [4.69, 9.17) is 5.11 Å². The van der Waals surface area contributed by atoms with Gasteiger partial charge in [-0.05, 0) is 13.3 Å². The predicted molar refractivity (Wildman–Crippen MR) is 66.3 cm³/mol. The van der Waals surface area contributed by atoms with Crippen molar-refractivity contribution in [1.82, 2.24) is 15.1 Å². The first-order valence-electron chi connectivity index (χ1n) is 6.14. The molecule has 1 aromatic heterocycles. The maximum absolute atomic E-state index is 11.8. The van der Waals surface area contributed by atoms with Crippen LogP contribution in [0, 0.1) is 0 Å². The van der Waals surface area contributed by atoms with Crippen LogP contribution in [0.5, 0.6) is 0 Å². The molecule has 0 saturated heterocycles. The maximum Gasteiger partial charge on any atom is 0.326 e. The summed E-state index contributed by atoms with van der Waals surface area (Å²) in [4.78, 5) is 22.8. The third-order valence-electron chi connectivity index (χ3n) is 2.67. The van der Waals surface area contributed by atoms with Crippen LogP contribution in [-0.2, 0) is 11.3 Å². The number of carbonyl (C=O) groups excluding carboxylic acids is 1. The molecule has 1 heterocycles. The molecule has 0 aliphatic carbocycles. The van der Waals surface area contributed by atoms with Gasteiger partial charge < -0.3 is 10.4 Å². The molecule has 0 radical (unpaired) electrons. The predicted octanol–water partition coefficient (Wildman–Crippen LogP) is 1.28. The maximum atomic E-state index is 11.8. The second-order valence-corrected chi connectivity index (χ2v) is 4.09. The summed E-state index contributed by atoms with van der Waals surface area (Å²) in [5.74, 6) is -1.39. The molecule has 0 bridgehead atoms. The third-order valence-corrected chi connectivity index (χ3v) is 2.67. The quantitative estimate of drug-likeness (QED) is 0.766. The average Bonchev–Trinajstić information content (AvgIpc) is 2.82. The van der Waals surface area contributed by atoms with Crippen LogP contribution < -0.4 is 5.32 Å². The Labute approximate surface area is 106 Å². The van der Waals surface area contributed by atoms with Crippen molar-refractivity contribution in [3.05, 3.63) is 18.0 Å². The van der Waals surface area contributed by atoms with Crippen molar-refractivity contribution in [2.45, 2.75) is 45.7 Å². The van der Waals surface area contributed by atoms with E-state index in [9.17, 15) is 9.59 Å². The fourth-order valence-electron chi connectivity index (χ4n) is 1.56. The highest BCUT2D eigenvalue weighted by molar-refractivity contribution is 5.96. The van der Waals surface area contributed by atoms with Gasteiger partial charge in [0.2, 0.25) is 0 Å². The van der Waals surface area contributed by atoms with Gasteiger partial charge in [-0.15, -0.1) is 0 Å². The van der Waals surface area contributed by atoms with E-state index in [0.29, 0.717) is 18.5 Å². The zero-order valence-corrected chi connectivity index (χ0v) is 10.7. The van der Waals surface area contributed by atoms with Crippen LogP contribution in [0.3, 0.4) is 0 Å². The van der Waals surface area contributed by atoms with Gasteiger partial charge in [-0.3, -0.25) is 9.48 Å². The summed E-state index contributed by atoms with van der Waals surface area (Å²) in [6.45, 7) is 4.56. The van der Waals surface area contributed by atoms with Crippen LogP contribution in [-0.4, -0.2) is 32.8 Å². The normalized spacial score (nSPS) is 12.1. The van der Waals surface area contributed by atoms with E-state index in [2.05, 4.69) is 10.4 Å². The highest BCUT2D eigenvalue weighted by atomic mass is 16.4. The highest BCUT2D eigenvalue weighted by Crippen LogP contribution is 2.04. The Kier molecular flexibility index (Phi) is 5.35. The van der Waals surface area contributed by atoms with Crippen molar-refractivity contribution in [2.24, 2.45) is 0 Å². The number of nitrogens with zero attached hydrogens (tertiary/aromatic N) is 2. The van der Waals surface area contributed by atoms with Crippen LogP contribution in [0.15, 0.2) is 12.4 Å². The lowest BCUT2D eigenvalue weighted by molar-refractivity contribution is -0.139. The van der Waals surface area contributed by atoms with Crippen LogP contribution >= 0.6 is 0 Å². The molecule has 1 aromatic rings. The van der Waals surface area contributed by atoms with Crippen molar-refractivity contribution < 1.29 is 14.7 Å². The van der Waals surface area contributed by atoms with E-state index < -0.39 is 17.9 Å². The summed E-state index contributed by atoms with van der Waals surface area (Å²) in [6, 6.07) is -0.831. The molecule has 0 aliphatic rings. The van der Waals surface area contributed by atoms with Crippen molar-refractivity contribution in [3.8, 4) is 0 Å². The molecule has 0 saturated carbocycles. The number of hydrogen-bond donors (Lipinski definition) is 2. The van der Waals surface area contributed by atoms with Crippen LogP contribution in [0.25, 0.3) is 0 Å². The molecule has 0 aliphatic heterocycles. The van der Waals surface area contributed by atoms with Gasteiger partial charge in [0.15, 0.2) is 0 Å². The number of unbranched alkanes of at least 4 members (excludes halogenated alkanes) is 1. The number of amides is 1. The SMILES string of the molecule is CCCC[C@H](NC(=O)c1cnn(CC)c1)C(=O)O. The highest BCUT2D eigenvalue weighted by Gasteiger charge is 2.20. The fourth-order valence-corrected chi connectivity index (χ4v) is 1.56. The lowest BCUT2D eigenvalue weighted by Gasteiger charge is -2.13. The Morgan fingerprint density at radius 2 is 2.22 bits per heavy atom. The average molecular weight is 253 g/mol. The summed E-state index contributed by atoms with van der Waals surface area (Å²) in [6.07, 6.45) is 5.16. The third kappa shape index (κ3) is 3.87. The first-order valence-corrected chi connectivity index (χ1v) is 6.14. The molecule has 2 N–H and O–H groups in total. The largest absolute Gasteiger partial charge is 0.480 e. The number of aliphatic carboxylic acids is 1. The summed E-state index contributed by atoms with van der Waals surface area (Å²) >= 11 is 0. The smallest absolute Gasteiger partial charge is 0.326 e. The summed E-state index contributed by atoms with van der Waals surface area (Å²) in [7, 11) is 0. The number of hydrogen-bond acceptors (Lipinski definition) is 3. The lowest BCUT2D eigenvalue weighted by Crippen LogP contribution is -2.40. The Balaban J connectivity index is 2.62. The van der Waals surface area contributed by atoms with Gasteiger partial charge in [0.1, 0.15) is 6.04 Å². The molecule has 100 valence electrons. The Bertz CT molecular complexity index is 414. The number of aryl methyl sites for hydroxylation is 1. The number of carbonyl (C=O) groups is 2. The van der Waals surface area contributed by atoms with Gasteiger partial charge in [-0.25, -0.2) is 4.79 Å². The summed E-state index contributed by atoms with van der Waals surface area (Å²) < 4.78 is 1.62. The zero-order chi connectivity index (χ0) is 13.5. The standard InChI is InChI=1S/C12H19N3O3/c1-3-5-6-10(12(17)18)14-11(16)9-7-13-15(4-2)8-9/h7-8,10H,3-6H2,1-2H3,(H,14,16)(H,17,18)/t10-/m0/s1. The Hall–Kier alpha value is -1.85. The minimum Gasteiger partial charge on any atom is -0.480 e. The van der Waals surface area contributed by atoms with Crippen molar-refractivity contribution in [1.29, 1.82) is 0 Å². The van der Waals surface area contributed by atoms with Gasteiger partial charge in [0.25, 0.3) is 5.91 Å². The molecular formula is C12H19N3O3. The van der Waals surface area contributed by atoms with E-state index in [1.54, 1.807) is 10.9 Å². The monoisotopic (exact) mass is 253 g/mol. The van der Waals surface area contributed by atoms with E-state index in [0.717, 1.165) is 12.8 Å². The second-order valence-electron chi connectivity index (χ2n) is 4.09. The number of rotatable bonds is 7. The van der Waals surface area contributed by atoms with Crippen molar-refractivity contribution in [3.63, 3.8) is 0 Å². The van der Waals surface area contributed by atoms with E-state index in [1.807, 2.05) is 13.8 Å². The van der Waals surface area contributed by atoms with Gasteiger partial charge >= 0.3 is 5.97 Å². The number of carboxylic acid groups (broad SMARTS) is 1. The minimum absolute atomic E-state index is 0.389. The van der Waals surface area contributed by atoms with Crippen LogP contribution in [0.2, 0.25) is 0 Å². The van der Waals surface area contributed by atoms with Crippen molar-refractivity contribution in [2.75, 3.05) is 0 Å². The Morgan fingerprint density at radius 3 is 2.72 bits per heavy atom. The first kappa shape index (κ1) is 14.2.